The lowest BCUT2D eigenvalue weighted by atomic mass is 9.45. The van der Waals surface area contributed by atoms with Gasteiger partial charge >= 0.3 is 5.97 Å². The van der Waals surface area contributed by atoms with Crippen LogP contribution in [0.1, 0.15) is 80.1 Å². The molecule has 198 valence electrons. The van der Waals surface area contributed by atoms with Gasteiger partial charge in [0, 0.05) is 44.0 Å². The van der Waals surface area contributed by atoms with Gasteiger partial charge in [0.05, 0.1) is 24.9 Å². The van der Waals surface area contributed by atoms with E-state index in [-0.39, 0.29) is 12.5 Å². The first-order valence-electron chi connectivity index (χ1n) is 12.6. The molecule has 9 heteroatoms. The molecule has 3 fully saturated rings. The van der Waals surface area contributed by atoms with Gasteiger partial charge in [0.2, 0.25) is 0 Å². The Kier molecular flexibility index (Phi) is 4.84. The molecule has 1 N–H and O–H groups in total. The molecular weight excluding hydrogens is 468 g/mol. The van der Waals surface area contributed by atoms with Gasteiger partial charge in [0.1, 0.15) is 40.5 Å². The zero-order chi connectivity index (χ0) is 26.1. The van der Waals surface area contributed by atoms with Crippen LogP contribution < -0.4 is 9.47 Å². The molecule has 0 aromatic heterocycles. The Balaban J connectivity index is 1.61. The molecule has 1 aromatic carbocycles. The van der Waals surface area contributed by atoms with Crippen molar-refractivity contribution in [3.63, 3.8) is 0 Å². The molecule has 1 aromatic rings. The predicted molar refractivity (Wildman–Crippen MR) is 126 cm³/mol. The van der Waals surface area contributed by atoms with E-state index in [4.69, 9.17) is 33.2 Å². The van der Waals surface area contributed by atoms with Gasteiger partial charge in [-0.15, -0.1) is 0 Å². The van der Waals surface area contributed by atoms with Crippen LogP contribution in [-0.4, -0.2) is 61.3 Å². The van der Waals surface area contributed by atoms with E-state index in [0.29, 0.717) is 41.9 Å². The summed E-state index contributed by atoms with van der Waals surface area (Å²) in [7, 11) is 4.79. The number of ether oxygens (including phenoxy) is 7. The highest BCUT2D eigenvalue weighted by molar-refractivity contribution is 5.98. The van der Waals surface area contributed by atoms with Gasteiger partial charge in [0.15, 0.2) is 0 Å². The Morgan fingerprint density at radius 2 is 1.78 bits per heavy atom. The number of carbonyl (C=O) groups is 1. The second-order valence-corrected chi connectivity index (χ2v) is 11.9. The molecule has 7 atom stereocenters. The molecule has 36 heavy (non-hydrogen) atoms. The zero-order valence-corrected chi connectivity index (χ0v) is 22.3. The Morgan fingerprint density at radius 1 is 1.06 bits per heavy atom. The lowest BCUT2D eigenvalue weighted by Crippen LogP contribution is -2.77. The number of hydrogen-bond acceptors (Lipinski definition) is 9. The molecule has 1 spiro atoms. The molecule has 6 rings (SSSR count). The van der Waals surface area contributed by atoms with Crippen molar-refractivity contribution in [3.05, 3.63) is 22.3 Å². The summed E-state index contributed by atoms with van der Waals surface area (Å²) >= 11 is 0. The summed E-state index contributed by atoms with van der Waals surface area (Å²) in [6.07, 6.45) is 0.0367. The van der Waals surface area contributed by atoms with Gasteiger partial charge in [-0.1, -0.05) is 6.92 Å². The summed E-state index contributed by atoms with van der Waals surface area (Å²) in [5.74, 6) is -0.840. The fraction of sp³-hybridized carbons (Fsp3) is 0.741. The van der Waals surface area contributed by atoms with Crippen LogP contribution in [-0.2, 0) is 30.3 Å². The highest BCUT2D eigenvalue weighted by Crippen LogP contribution is 2.73. The lowest BCUT2D eigenvalue weighted by molar-refractivity contribution is -0.396. The van der Waals surface area contributed by atoms with Crippen LogP contribution in [0.25, 0.3) is 0 Å². The summed E-state index contributed by atoms with van der Waals surface area (Å²) in [5.41, 5.74) is -0.678. The maximum absolute atomic E-state index is 12.7. The van der Waals surface area contributed by atoms with Crippen LogP contribution in [0.5, 0.6) is 11.5 Å². The van der Waals surface area contributed by atoms with Crippen LogP contribution in [0.4, 0.5) is 0 Å². The molecule has 0 radical (unpaired) electrons. The van der Waals surface area contributed by atoms with Gasteiger partial charge in [-0.25, -0.2) is 4.79 Å². The number of aliphatic hydroxyl groups is 1. The van der Waals surface area contributed by atoms with Gasteiger partial charge < -0.3 is 38.3 Å². The number of rotatable bonds is 3. The lowest BCUT2D eigenvalue weighted by Gasteiger charge is -2.67. The highest BCUT2D eigenvalue weighted by Gasteiger charge is 2.82. The first-order valence-corrected chi connectivity index (χ1v) is 12.6. The largest absolute Gasteiger partial charge is 0.495 e. The molecule has 0 amide bonds. The van der Waals surface area contributed by atoms with Gasteiger partial charge in [-0.3, -0.25) is 0 Å². The van der Waals surface area contributed by atoms with E-state index in [1.807, 2.05) is 27.7 Å². The third-order valence-electron chi connectivity index (χ3n) is 9.89. The van der Waals surface area contributed by atoms with Crippen LogP contribution >= 0.6 is 0 Å². The Hall–Kier alpha value is -1.91. The molecule has 2 bridgehead atoms. The number of hydrogen-bond donors (Lipinski definition) is 1. The third-order valence-corrected chi connectivity index (χ3v) is 9.89. The molecule has 9 nitrogen and oxygen atoms in total. The topological polar surface area (TPSA) is 102 Å². The standard InChI is InChI=1S/C27H36O9/c1-13-14-12-33-22(29)16(14)19(30-6)17-18(13)34-25(5)11-15(28)27-23(2,3)35-26(32-8,36-27)10-9-24(27,4)21(25)20(17)31-7/h15,20-21,28H,9-12H2,1-8H3/t15-,20-,21-,24-,25+,26+,27-/m1/s1. The van der Waals surface area contributed by atoms with Crippen molar-refractivity contribution >= 4 is 5.97 Å². The average Bonchev–Trinajstić information content (AvgIpc) is 3.30. The van der Waals surface area contributed by atoms with Crippen LogP contribution in [0.15, 0.2) is 0 Å². The minimum absolute atomic E-state index is 0.173. The summed E-state index contributed by atoms with van der Waals surface area (Å²) < 4.78 is 43.3. The van der Waals surface area contributed by atoms with Crippen molar-refractivity contribution in [2.24, 2.45) is 11.3 Å². The average molecular weight is 505 g/mol. The molecule has 2 saturated heterocycles. The first kappa shape index (κ1) is 24.4. The number of cyclic esters (lactones) is 1. The Morgan fingerprint density at radius 3 is 2.42 bits per heavy atom. The number of aliphatic hydroxyl groups excluding tert-OH is 1. The second kappa shape index (κ2) is 7.14. The normalized spacial score (nSPS) is 43.6. The minimum Gasteiger partial charge on any atom is -0.495 e. The van der Waals surface area contributed by atoms with E-state index < -0.39 is 46.4 Å². The van der Waals surface area contributed by atoms with E-state index in [0.717, 1.165) is 11.1 Å². The fourth-order valence-corrected chi connectivity index (χ4v) is 8.63. The number of carbonyl (C=O) groups excluding carboxylic acids is 1. The molecule has 5 aliphatic rings. The molecule has 0 unspecified atom stereocenters. The van der Waals surface area contributed by atoms with E-state index in [2.05, 4.69) is 6.92 Å². The van der Waals surface area contributed by atoms with E-state index in [1.165, 1.54) is 0 Å². The van der Waals surface area contributed by atoms with Crippen molar-refractivity contribution in [3.8, 4) is 11.5 Å². The van der Waals surface area contributed by atoms with E-state index in [9.17, 15) is 9.90 Å². The van der Waals surface area contributed by atoms with Crippen molar-refractivity contribution in [1.29, 1.82) is 0 Å². The predicted octanol–water partition coefficient (Wildman–Crippen LogP) is 3.56. The number of methoxy groups -OCH3 is 3. The summed E-state index contributed by atoms with van der Waals surface area (Å²) in [6.45, 7) is 10.2. The minimum atomic E-state index is -1.22. The Bertz CT molecular complexity index is 1160. The summed E-state index contributed by atoms with van der Waals surface area (Å²) in [5, 5.41) is 11.9. The van der Waals surface area contributed by atoms with E-state index in [1.54, 1.807) is 21.3 Å². The van der Waals surface area contributed by atoms with Crippen molar-refractivity contribution in [1.82, 2.24) is 0 Å². The number of esters is 1. The number of fused-ring (bicyclic) bond motifs is 5. The molecule has 4 aliphatic heterocycles. The zero-order valence-electron chi connectivity index (χ0n) is 22.3. The SMILES string of the molecule is COc1c2c(c(C)c3c1[C@@H](OC)[C@H]1[C@](C)(C[C@@H](O)[C@]45O[C@](OC)(CC[C@]14C)OC5(C)C)O3)COC2=O. The van der Waals surface area contributed by atoms with Crippen molar-refractivity contribution < 1.29 is 43.1 Å². The molecule has 4 heterocycles. The molecule has 1 saturated carbocycles. The molecular formula is C27H36O9. The number of benzene rings is 1. The summed E-state index contributed by atoms with van der Waals surface area (Å²) in [6, 6.07) is 0. The second-order valence-electron chi connectivity index (χ2n) is 11.9. The smallest absolute Gasteiger partial charge is 0.342 e. The van der Waals surface area contributed by atoms with Crippen molar-refractivity contribution in [2.75, 3.05) is 21.3 Å². The monoisotopic (exact) mass is 504 g/mol. The molecule has 1 aliphatic carbocycles. The maximum atomic E-state index is 12.7. The van der Waals surface area contributed by atoms with Crippen molar-refractivity contribution in [2.45, 2.75) is 95.5 Å². The first-order chi connectivity index (χ1) is 16.9. The Labute approximate surface area is 211 Å². The highest BCUT2D eigenvalue weighted by atomic mass is 16.9. The van der Waals surface area contributed by atoms with Gasteiger partial charge in [-0.2, -0.15) is 0 Å². The third kappa shape index (κ3) is 2.51. The van der Waals surface area contributed by atoms with E-state index >= 15 is 0 Å². The quantitative estimate of drug-likeness (QED) is 0.619. The van der Waals surface area contributed by atoms with Crippen LogP contribution in [0, 0.1) is 18.3 Å². The van der Waals surface area contributed by atoms with Crippen LogP contribution in [0.3, 0.4) is 0 Å². The maximum Gasteiger partial charge on any atom is 0.342 e. The van der Waals surface area contributed by atoms with Crippen LogP contribution in [0.2, 0.25) is 0 Å². The fourth-order valence-electron chi connectivity index (χ4n) is 8.63. The van der Waals surface area contributed by atoms with Gasteiger partial charge in [0.25, 0.3) is 5.97 Å². The van der Waals surface area contributed by atoms with Gasteiger partial charge in [-0.05, 0) is 39.7 Å². The summed E-state index contributed by atoms with van der Waals surface area (Å²) in [4.78, 5) is 12.7.